The van der Waals surface area contributed by atoms with Crippen molar-refractivity contribution < 1.29 is 5.21 Å². The molecule has 1 aromatic heterocycles. The van der Waals surface area contributed by atoms with Crippen LogP contribution in [0.25, 0.3) is 12.2 Å². The fourth-order valence-electron chi connectivity index (χ4n) is 1.59. The molecule has 0 unspecified atom stereocenters. The van der Waals surface area contributed by atoms with Crippen molar-refractivity contribution in [3.63, 3.8) is 0 Å². The molecular formula is C14H12ClNO2. The number of nitrogens with zero attached hydrogens (tertiary/aromatic N) is 1. The van der Waals surface area contributed by atoms with Crippen LogP contribution in [0.4, 0.5) is 0 Å². The second-order valence-corrected chi connectivity index (χ2v) is 4.43. The minimum absolute atomic E-state index is 0.439. The van der Waals surface area contributed by atoms with E-state index in [1.54, 1.807) is 37.3 Å². The van der Waals surface area contributed by atoms with Gasteiger partial charge in [0, 0.05) is 11.1 Å². The molecule has 0 aliphatic heterocycles. The minimum Gasteiger partial charge on any atom is -0.425 e. The van der Waals surface area contributed by atoms with Gasteiger partial charge in [0.05, 0.1) is 5.69 Å². The van der Waals surface area contributed by atoms with Crippen molar-refractivity contribution in [2.75, 3.05) is 0 Å². The van der Waals surface area contributed by atoms with Crippen LogP contribution in [0, 0.1) is 6.92 Å². The average Bonchev–Trinajstić information content (AvgIpc) is 2.34. The van der Waals surface area contributed by atoms with Crippen molar-refractivity contribution in [3.05, 3.63) is 68.6 Å². The first-order chi connectivity index (χ1) is 8.56. The minimum atomic E-state index is -0.439. The van der Waals surface area contributed by atoms with E-state index in [9.17, 15) is 10.0 Å². The normalized spacial score (nSPS) is 11.0. The van der Waals surface area contributed by atoms with Gasteiger partial charge in [-0.05, 0) is 42.3 Å². The third-order valence-electron chi connectivity index (χ3n) is 2.50. The van der Waals surface area contributed by atoms with Crippen LogP contribution in [0.2, 0.25) is 5.02 Å². The fourth-order valence-corrected chi connectivity index (χ4v) is 1.72. The second kappa shape index (κ2) is 5.10. The molecule has 1 aromatic carbocycles. The number of halogens is 1. The average molecular weight is 262 g/mol. The molecule has 0 bridgehead atoms. The summed E-state index contributed by atoms with van der Waals surface area (Å²) in [5, 5.41) is 10.2. The molecule has 92 valence electrons. The first-order valence-corrected chi connectivity index (χ1v) is 5.81. The standard InChI is InChI=1S/C14H12ClNO2/c1-10-8-13(16(18)14(17)9-10)7-4-11-2-5-12(15)6-3-11/h2-9,18H,1H3/b7-4+. The van der Waals surface area contributed by atoms with Gasteiger partial charge in [-0.1, -0.05) is 29.8 Å². The Labute approximate surface area is 110 Å². The largest absolute Gasteiger partial charge is 0.425 e. The third kappa shape index (κ3) is 2.81. The molecule has 2 aromatic rings. The van der Waals surface area contributed by atoms with Crippen LogP contribution in [0.3, 0.4) is 0 Å². The monoisotopic (exact) mass is 261 g/mol. The van der Waals surface area contributed by atoms with Gasteiger partial charge >= 0.3 is 0 Å². The summed E-state index contributed by atoms with van der Waals surface area (Å²) >= 11 is 5.79. The van der Waals surface area contributed by atoms with Gasteiger partial charge in [0.25, 0.3) is 5.56 Å². The van der Waals surface area contributed by atoms with Crippen LogP contribution >= 0.6 is 11.6 Å². The smallest absolute Gasteiger partial charge is 0.283 e. The van der Waals surface area contributed by atoms with Crippen molar-refractivity contribution in [1.82, 2.24) is 4.73 Å². The topological polar surface area (TPSA) is 42.2 Å². The Morgan fingerprint density at radius 1 is 1.17 bits per heavy atom. The molecule has 18 heavy (non-hydrogen) atoms. The second-order valence-electron chi connectivity index (χ2n) is 3.99. The van der Waals surface area contributed by atoms with Crippen LogP contribution in [0.1, 0.15) is 16.8 Å². The van der Waals surface area contributed by atoms with Gasteiger partial charge in [0.1, 0.15) is 0 Å². The third-order valence-corrected chi connectivity index (χ3v) is 2.75. The van der Waals surface area contributed by atoms with Gasteiger partial charge in [-0.2, -0.15) is 0 Å². The van der Waals surface area contributed by atoms with E-state index in [-0.39, 0.29) is 0 Å². The number of rotatable bonds is 2. The number of benzene rings is 1. The van der Waals surface area contributed by atoms with E-state index in [0.717, 1.165) is 11.1 Å². The van der Waals surface area contributed by atoms with E-state index >= 15 is 0 Å². The Morgan fingerprint density at radius 3 is 2.50 bits per heavy atom. The molecule has 1 heterocycles. The molecule has 0 atom stereocenters. The maximum atomic E-state index is 11.4. The molecule has 0 saturated heterocycles. The zero-order valence-electron chi connectivity index (χ0n) is 9.80. The van der Waals surface area contributed by atoms with Gasteiger partial charge in [-0.3, -0.25) is 4.79 Å². The summed E-state index contributed by atoms with van der Waals surface area (Å²) in [7, 11) is 0. The van der Waals surface area contributed by atoms with Gasteiger partial charge in [-0.25, -0.2) is 0 Å². The summed E-state index contributed by atoms with van der Waals surface area (Å²) in [4.78, 5) is 11.4. The maximum absolute atomic E-state index is 11.4. The van der Waals surface area contributed by atoms with E-state index in [1.807, 2.05) is 12.1 Å². The molecule has 0 aliphatic carbocycles. The number of aromatic nitrogens is 1. The molecule has 0 fully saturated rings. The van der Waals surface area contributed by atoms with Crippen molar-refractivity contribution >= 4 is 23.8 Å². The number of hydrogen-bond acceptors (Lipinski definition) is 2. The molecule has 2 rings (SSSR count). The van der Waals surface area contributed by atoms with Crippen LogP contribution in [0.5, 0.6) is 0 Å². The Hall–Kier alpha value is -2.00. The Morgan fingerprint density at radius 2 is 1.83 bits per heavy atom. The predicted octanol–water partition coefficient (Wildman–Crippen LogP) is 3.22. The maximum Gasteiger partial charge on any atom is 0.283 e. The van der Waals surface area contributed by atoms with E-state index < -0.39 is 5.56 Å². The lowest BCUT2D eigenvalue weighted by Gasteiger charge is -2.02. The quantitative estimate of drug-likeness (QED) is 0.844. The zero-order valence-corrected chi connectivity index (χ0v) is 10.6. The molecule has 1 N–H and O–H groups in total. The lowest BCUT2D eigenvalue weighted by atomic mass is 10.2. The molecule has 4 heteroatoms. The highest BCUT2D eigenvalue weighted by molar-refractivity contribution is 6.30. The van der Waals surface area contributed by atoms with Crippen LogP contribution in [0.15, 0.2) is 41.2 Å². The van der Waals surface area contributed by atoms with Crippen LogP contribution < -0.4 is 5.56 Å². The van der Waals surface area contributed by atoms with Crippen molar-refractivity contribution in [2.24, 2.45) is 0 Å². The molecular weight excluding hydrogens is 250 g/mol. The molecule has 0 radical (unpaired) electrons. The summed E-state index contributed by atoms with van der Waals surface area (Å²) in [5.41, 5.74) is 1.75. The van der Waals surface area contributed by atoms with Crippen LogP contribution in [-0.2, 0) is 0 Å². The van der Waals surface area contributed by atoms with Crippen LogP contribution in [-0.4, -0.2) is 9.94 Å². The summed E-state index contributed by atoms with van der Waals surface area (Å²) in [5.74, 6) is 0. The van der Waals surface area contributed by atoms with E-state index in [0.29, 0.717) is 15.4 Å². The summed E-state index contributed by atoms with van der Waals surface area (Å²) in [6.45, 7) is 1.81. The van der Waals surface area contributed by atoms with Gasteiger partial charge in [-0.15, -0.1) is 4.73 Å². The van der Waals surface area contributed by atoms with Gasteiger partial charge < -0.3 is 5.21 Å². The molecule has 0 aliphatic rings. The van der Waals surface area contributed by atoms with E-state index in [1.165, 1.54) is 6.07 Å². The Bertz CT molecular complexity index is 642. The lowest BCUT2D eigenvalue weighted by Crippen LogP contribution is -2.18. The summed E-state index contributed by atoms with van der Waals surface area (Å²) < 4.78 is 0.624. The Kier molecular flexibility index (Phi) is 3.53. The number of hydrogen-bond donors (Lipinski definition) is 1. The van der Waals surface area contributed by atoms with E-state index in [4.69, 9.17) is 11.6 Å². The van der Waals surface area contributed by atoms with Gasteiger partial charge in [0.2, 0.25) is 0 Å². The SMILES string of the molecule is Cc1cc(/C=C/c2ccc(Cl)cc2)n(O)c(=O)c1. The molecule has 0 saturated carbocycles. The first kappa shape index (κ1) is 12.5. The number of pyridine rings is 1. The van der Waals surface area contributed by atoms with Crippen molar-refractivity contribution in [1.29, 1.82) is 0 Å². The summed E-state index contributed by atoms with van der Waals surface area (Å²) in [6.07, 6.45) is 3.48. The fraction of sp³-hybridized carbons (Fsp3) is 0.0714. The van der Waals surface area contributed by atoms with Gasteiger partial charge in [0.15, 0.2) is 0 Å². The first-order valence-electron chi connectivity index (χ1n) is 5.43. The summed E-state index contributed by atoms with van der Waals surface area (Å²) in [6, 6.07) is 10.4. The highest BCUT2D eigenvalue weighted by Gasteiger charge is 2.00. The van der Waals surface area contributed by atoms with E-state index in [2.05, 4.69) is 0 Å². The molecule has 3 nitrogen and oxygen atoms in total. The Balaban J connectivity index is 2.34. The predicted molar refractivity (Wildman–Crippen MR) is 73.0 cm³/mol. The lowest BCUT2D eigenvalue weighted by molar-refractivity contribution is 0.172. The van der Waals surface area contributed by atoms with Crippen molar-refractivity contribution in [2.45, 2.75) is 6.92 Å². The zero-order chi connectivity index (χ0) is 13.1. The molecule has 0 amide bonds. The van der Waals surface area contributed by atoms with Crippen molar-refractivity contribution in [3.8, 4) is 0 Å². The number of aryl methyl sites for hydroxylation is 1. The highest BCUT2D eigenvalue weighted by atomic mass is 35.5. The highest BCUT2D eigenvalue weighted by Crippen LogP contribution is 2.12. The molecule has 0 spiro atoms.